The molecule has 0 spiro atoms. The van der Waals surface area contributed by atoms with Gasteiger partial charge in [-0.3, -0.25) is 4.79 Å². The Morgan fingerprint density at radius 2 is 1.74 bits per heavy atom. The molecule has 1 aromatic carbocycles. The summed E-state index contributed by atoms with van der Waals surface area (Å²) < 4.78 is 39.4. The third kappa shape index (κ3) is 5.42. The van der Waals surface area contributed by atoms with Gasteiger partial charge in [0.15, 0.2) is 0 Å². The normalized spacial score (nSPS) is 11.3. The van der Waals surface area contributed by atoms with E-state index in [9.17, 15) is 18.0 Å². The summed E-state index contributed by atoms with van der Waals surface area (Å²) in [5.41, 5.74) is -1.17. The van der Waals surface area contributed by atoms with Crippen LogP contribution in [0.2, 0.25) is 0 Å². The first-order valence-electron chi connectivity index (χ1n) is 8.84. The van der Waals surface area contributed by atoms with Gasteiger partial charge in [0.1, 0.15) is 17.3 Å². The van der Waals surface area contributed by atoms with Crippen LogP contribution >= 0.6 is 0 Å². The van der Waals surface area contributed by atoms with E-state index in [1.165, 1.54) is 24.3 Å². The van der Waals surface area contributed by atoms with Gasteiger partial charge < -0.3 is 10.2 Å². The highest BCUT2D eigenvalue weighted by molar-refractivity contribution is 6.03. The molecule has 0 aliphatic carbocycles. The van der Waals surface area contributed by atoms with Crippen LogP contribution in [0.5, 0.6) is 0 Å². The van der Waals surface area contributed by atoms with Crippen LogP contribution in [-0.4, -0.2) is 29.0 Å². The molecule has 146 valence electrons. The minimum absolute atomic E-state index is 0.0340. The minimum Gasteiger partial charge on any atom is -0.357 e. The number of carbonyl (C=O) groups excluding carboxylic acids is 1. The smallest absolute Gasteiger partial charge is 0.357 e. The summed E-state index contributed by atoms with van der Waals surface area (Å²) in [5, 5.41) is 2.32. The van der Waals surface area contributed by atoms with Crippen LogP contribution in [0.25, 0.3) is 0 Å². The van der Waals surface area contributed by atoms with Crippen LogP contribution in [0.4, 0.5) is 24.7 Å². The number of halogens is 3. The monoisotopic (exact) mass is 380 g/mol. The van der Waals surface area contributed by atoms with E-state index in [0.29, 0.717) is 11.6 Å². The largest absolute Gasteiger partial charge is 0.418 e. The molecule has 1 heterocycles. The predicted molar refractivity (Wildman–Crippen MR) is 99.0 cm³/mol. The van der Waals surface area contributed by atoms with Gasteiger partial charge in [0.2, 0.25) is 0 Å². The molecule has 0 saturated carbocycles. The van der Waals surface area contributed by atoms with Gasteiger partial charge in [0.25, 0.3) is 5.91 Å². The van der Waals surface area contributed by atoms with Crippen molar-refractivity contribution < 1.29 is 18.0 Å². The highest BCUT2D eigenvalue weighted by atomic mass is 19.4. The number of para-hydroxylation sites is 1. The van der Waals surface area contributed by atoms with Crippen molar-refractivity contribution in [3.8, 4) is 0 Å². The minimum atomic E-state index is -4.56. The average molecular weight is 380 g/mol. The number of nitrogens with one attached hydrogen (secondary N) is 1. The van der Waals surface area contributed by atoms with E-state index in [1.54, 1.807) is 6.92 Å². The molecule has 0 saturated heterocycles. The van der Waals surface area contributed by atoms with Crippen LogP contribution in [0, 0.1) is 6.92 Å². The van der Waals surface area contributed by atoms with Crippen LogP contribution in [0.3, 0.4) is 0 Å². The molecule has 0 radical (unpaired) electrons. The van der Waals surface area contributed by atoms with Crippen molar-refractivity contribution in [2.45, 2.75) is 39.8 Å². The fraction of sp³-hybridized carbons (Fsp3) is 0.421. The van der Waals surface area contributed by atoms with Gasteiger partial charge in [-0.2, -0.15) is 13.2 Å². The molecule has 1 aromatic heterocycles. The Morgan fingerprint density at radius 1 is 1.11 bits per heavy atom. The molecular formula is C19H23F3N4O. The summed E-state index contributed by atoms with van der Waals surface area (Å²) in [5.74, 6) is 0.283. The Kier molecular flexibility index (Phi) is 6.76. The number of hydrogen-bond donors (Lipinski definition) is 1. The fourth-order valence-electron chi connectivity index (χ4n) is 2.74. The van der Waals surface area contributed by atoms with Gasteiger partial charge in [-0.25, -0.2) is 9.97 Å². The second-order valence-electron chi connectivity index (χ2n) is 6.14. The molecule has 0 atom stereocenters. The van der Waals surface area contributed by atoms with E-state index in [4.69, 9.17) is 0 Å². The number of alkyl halides is 3. The van der Waals surface area contributed by atoms with Crippen LogP contribution in [-0.2, 0) is 6.18 Å². The Bertz CT molecular complexity index is 787. The van der Waals surface area contributed by atoms with E-state index < -0.39 is 17.6 Å². The topological polar surface area (TPSA) is 58.1 Å². The van der Waals surface area contributed by atoms with Crippen LogP contribution < -0.4 is 10.2 Å². The SMILES string of the molecule is CCCN(CCC)c1cc(C(=O)Nc2ccccc2C(F)(F)F)nc(C)n1. The Balaban J connectivity index is 2.32. The zero-order valence-electron chi connectivity index (χ0n) is 15.6. The molecule has 0 unspecified atom stereocenters. The molecule has 2 aromatic rings. The standard InChI is InChI=1S/C19H23F3N4O/c1-4-10-26(11-5-2)17-12-16(23-13(3)24-17)18(27)25-15-9-7-6-8-14(15)19(20,21)22/h6-9,12H,4-5,10-11H2,1-3H3,(H,25,27). The summed E-state index contributed by atoms with van der Waals surface area (Å²) in [6.07, 6.45) is -2.75. The first-order valence-corrected chi connectivity index (χ1v) is 8.84. The number of benzene rings is 1. The van der Waals surface area contributed by atoms with Gasteiger partial charge in [0.05, 0.1) is 11.3 Å². The molecule has 0 aliphatic heterocycles. The molecule has 1 amide bonds. The summed E-state index contributed by atoms with van der Waals surface area (Å²) >= 11 is 0. The maximum Gasteiger partial charge on any atom is 0.418 e. The lowest BCUT2D eigenvalue weighted by Gasteiger charge is -2.23. The van der Waals surface area contributed by atoms with E-state index >= 15 is 0 Å². The number of rotatable bonds is 7. The number of amides is 1. The zero-order chi connectivity index (χ0) is 20.0. The third-order valence-corrected chi connectivity index (χ3v) is 3.85. The van der Waals surface area contributed by atoms with E-state index in [1.807, 2.05) is 18.7 Å². The average Bonchev–Trinajstić information content (AvgIpc) is 2.60. The van der Waals surface area contributed by atoms with Crippen molar-refractivity contribution in [1.29, 1.82) is 0 Å². The maximum atomic E-state index is 13.1. The molecule has 5 nitrogen and oxygen atoms in total. The molecule has 2 rings (SSSR count). The first-order chi connectivity index (χ1) is 12.8. The number of nitrogens with zero attached hydrogens (tertiary/aromatic N) is 3. The van der Waals surface area contributed by atoms with Crippen molar-refractivity contribution >= 4 is 17.4 Å². The molecule has 0 aliphatic rings. The lowest BCUT2D eigenvalue weighted by atomic mass is 10.1. The highest BCUT2D eigenvalue weighted by Crippen LogP contribution is 2.34. The third-order valence-electron chi connectivity index (χ3n) is 3.85. The van der Waals surface area contributed by atoms with Crippen LogP contribution in [0.15, 0.2) is 30.3 Å². The van der Waals surface area contributed by atoms with E-state index in [-0.39, 0.29) is 11.4 Å². The molecular weight excluding hydrogens is 357 g/mol. The van der Waals surface area contributed by atoms with Crippen LogP contribution in [0.1, 0.15) is 48.6 Å². The van der Waals surface area contributed by atoms with Crippen molar-refractivity contribution in [1.82, 2.24) is 9.97 Å². The quantitative estimate of drug-likeness (QED) is 0.758. The second kappa shape index (κ2) is 8.83. The zero-order valence-corrected chi connectivity index (χ0v) is 15.6. The molecule has 0 fully saturated rings. The van der Waals surface area contributed by atoms with Gasteiger partial charge in [-0.15, -0.1) is 0 Å². The lowest BCUT2D eigenvalue weighted by molar-refractivity contribution is -0.136. The van der Waals surface area contributed by atoms with Crippen molar-refractivity contribution in [2.75, 3.05) is 23.3 Å². The van der Waals surface area contributed by atoms with E-state index in [2.05, 4.69) is 15.3 Å². The summed E-state index contributed by atoms with van der Waals surface area (Å²) in [7, 11) is 0. The molecule has 27 heavy (non-hydrogen) atoms. The Morgan fingerprint density at radius 3 is 2.33 bits per heavy atom. The number of aromatic nitrogens is 2. The summed E-state index contributed by atoms with van der Waals surface area (Å²) in [4.78, 5) is 23.1. The number of aryl methyl sites for hydroxylation is 1. The molecule has 1 N–H and O–H groups in total. The van der Waals surface area contributed by atoms with Gasteiger partial charge in [-0.1, -0.05) is 26.0 Å². The van der Waals surface area contributed by atoms with Gasteiger partial charge in [0, 0.05) is 19.2 Å². The van der Waals surface area contributed by atoms with Crippen molar-refractivity contribution in [2.24, 2.45) is 0 Å². The number of carbonyl (C=O) groups is 1. The summed E-state index contributed by atoms with van der Waals surface area (Å²) in [6, 6.07) is 6.38. The lowest BCUT2D eigenvalue weighted by Crippen LogP contribution is -2.27. The van der Waals surface area contributed by atoms with Gasteiger partial charge >= 0.3 is 6.18 Å². The number of hydrogen-bond acceptors (Lipinski definition) is 4. The Labute approximate surface area is 156 Å². The highest BCUT2D eigenvalue weighted by Gasteiger charge is 2.33. The molecule has 8 heteroatoms. The molecule has 0 bridgehead atoms. The Hall–Kier alpha value is -2.64. The predicted octanol–water partition coefficient (Wildman–Crippen LogP) is 4.68. The maximum absolute atomic E-state index is 13.1. The number of anilines is 2. The van der Waals surface area contributed by atoms with E-state index in [0.717, 1.165) is 32.0 Å². The van der Waals surface area contributed by atoms with Gasteiger partial charge in [-0.05, 0) is 31.9 Å². The van der Waals surface area contributed by atoms with Crippen molar-refractivity contribution in [3.05, 3.63) is 47.4 Å². The van der Waals surface area contributed by atoms with Crippen molar-refractivity contribution in [3.63, 3.8) is 0 Å². The summed E-state index contributed by atoms with van der Waals surface area (Å²) in [6.45, 7) is 7.27. The second-order valence-corrected chi connectivity index (χ2v) is 6.14. The first kappa shape index (κ1) is 20.7. The fourth-order valence-corrected chi connectivity index (χ4v) is 2.74.